The lowest BCUT2D eigenvalue weighted by Crippen LogP contribution is -2.43. The molecule has 1 aromatic rings. The summed E-state index contributed by atoms with van der Waals surface area (Å²) in [6, 6.07) is 4.12. The maximum absolute atomic E-state index is 11.4. The largest absolute Gasteiger partial charge is 0.468 e. The second kappa shape index (κ2) is 12.6. The van der Waals surface area contributed by atoms with Gasteiger partial charge in [0.1, 0.15) is 5.76 Å². The van der Waals surface area contributed by atoms with Crippen LogP contribution in [0.25, 0.3) is 0 Å². The Bertz CT molecular complexity index is 646. The van der Waals surface area contributed by atoms with Gasteiger partial charge in [0, 0.05) is 26.7 Å². The first-order valence-corrected chi connectivity index (χ1v) is 10.9. The number of rotatable bonds is 10. The van der Waals surface area contributed by atoms with E-state index >= 15 is 0 Å². The van der Waals surface area contributed by atoms with E-state index in [1.807, 2.05) is 12.1 Å². The van der Waals surface area contributed by atoms with E-state index in [1.54, 1.807) is 20.2 Å². The Kier molecular flexibility index (Phi) is 11.3. The van der Waals surface area contributed by atoms with Crippen LogP contribution >= 0.6 is 24.0 Å². The van der Waals surface area contributed by atoms with Crippen molar-refractivity contribution in [2.75, 3.05) is 45.5 Å². The van der Waals surface area contributed by atoms with Crippen molar-refractivity contribution in [2.24, 2.45) is 4.99 Å². The molecule has 27 heavy (non-hydrogen) atoms. The Labute approximate surface area is 179 Å². The maximum Gasteiger partial charge on any atom is 0.211 e. The molecule has 0 saturated carbocycles. The monoisotopic (exact) mass is 513 g/mol. The van der Waals surface area contributed by atoms with E-state index in [0.717, 1.165) is 18.8 Å². The van der Waals surface area contributed by atoms with Crippen molar-refractivity contribution >= 4 is 40.0 Å². The summed E-state index contributed by atoms with van der Waals surface area (Å²) in [5.74, 6) is 1.77. The third kappa shape index (κ3) is 8.36. The van der Waals surface area contributed by atoms with Crippen molar-refractivity contribution in [2.45, 2.75) is 32.2 Å². The van der Waals surface area contributed by atoms with Crippen molar-refractivity contribution in [3.8, 4) is 0 Å². The van der Waals surface area contributed by atoms with Crippen LogP contribution < -0.4 is 15.4 Å². The zero-order valence-corrected chi connectivity index (χ0v) is 19.3. The van der Waals surface area contributed by atoms with Crippen LogP contribution in [0.5, 0.6) is 0 Å². The molecule has 1 saturated heterocycles. The summed E-state index contributed by atoms with van der Waals surface area (Å²) in [5, 5.41) is 6.57. The van der Waals surface area contributed by atoms with Gasteiger partial charge in [0.05, 0.1) is 18.1 Å². The molecule has 1 fully saturated rings. The van der Waals surface area contributed by atoms with Crippen LogP contribution in [0, 0.1) is 0 Å². The predicted molar refractivity (Wildman–Crippen MR) is 119 cm³/mol. The number of furan rings is 1. The number of nitrogens with one attached hydrogen (secondary N) is 3. The Morgan fingerprint density at radius 2 is 2.04 bits per heavy atom. The van der Waals surface area contributed by atoms with E-state index in [9.17, 15) is 8.42 Å². The van der Waals surface area contributed by atoms with Crippen LogP contribution in [0.15, 0.2) is 27.8 Å². The summed E-state index contributed by atoms with van der Waals surface area (Å²) < 4.78 is 31.0. The second-order valence-corrected chi connectivity index (χ2v) is 8.40. The van der Waals surface area contributed by atoms with Crippen molar-refractivity contribution in [1.82, 2.24) is 20.3 Å². The fourth-order valence-corrected chi connectivity index (χ4v) is 3.64. The number of guanidine groups is 1. The van der Waals surface area contributed by atoms with Gasteiger partial charge in [-0.1, -0.05) is 0 Å². The Balaban J connectivity index is 0.00000364. The van der Waals surface area contributed by atoms with Gasteiger partial charge >= 0.3 is 0 Å². The van der Waals surface area contributed by atoms with E-state index in [-0.39, 0.29) is 35.8 Å². The molecule has 1 atom stereocenters. The molecule has 8 nitrogen and oxygen atoms in total. The molecule has 1 aliphatic rings. The molecular weight excluding hydrogens is 481 g/mol. The first-order valence-electron chi connectivity index (χ1n) is 9.25. The number of hydrogen-bond acceptors (Lipinski definition) is 5. The Hall–Kier alpha value is -0.850. The average Bonchev–Trinajstić information content (AvgIpc) is 3.34. The minimum Gasteiger partial charge on any atom is -0.468 e. The van der Waals surface area contributed by atoms with E-state index in [4.69, 9.17) is 4.42 Å². The molecule has 156 valence electrons. The lowest BCUT2D eigenvalue weighted by Gasteiger charge is -2.26. The smallest absolute Gasteiger partial charge is 0.211 e. The number of sulfonamides is 1. The van der Waals surface area contributed by atoms with Crippen molar-refractivity contribution < 1.29 is 12.8 Å². The van der Waals surface area contributed by atoms with Gasteiger partial charge in [-0.15, -0.1) is 24.0 Å². The highest BCUT2D eigenvalue weighted by atomic mass is 127. The van der Waals surface area contributed by atoms with Crippen LogP contribution in [0.3, 0.4) is 0 Å². The highest BCUT2D eigenvalue weighted by Crippen LogP contribution is 2.24. The highest BCUT2D eigenvalue weighted by Gasteiger charge is 2.25. The second-order valence-electron chi connectivity index (χ2n) is 6.31. The molecule has 0 spiro atoms. The molecule has 1 unspecified atom stereocenters. The normalized spacial score (nSPS) is 16.7. The molecule has 0 aromatic carbocycles. The van der Waals surface area contributed by atoms with Crippen molar-refractivity contribution in [1.29, 1.82) is 0 Å². The van der Waals surface area contributed by atoms with Gasteiger partial charge in [-0.2, -0.15) is 0 Å². The van der Waals surface area contributed by atoms with Gasteiger partial charge in [-0.05, 0) is 51.4 Å². The van der Waals surface area contributed by atoms with Crippen LogP contribution in [-0.4, -0.2) is 64.8 Å². The third-order valence-electron chi connectivity index (χ3n) is 4.49. The van der Waals surface area contributed by atoms with Crippen LogP contribution in [0.1, 0.15) is 38.0 Å². The minimum absolute atomic E-state index is 0. The molecule has 0 aliphatic carbocycles. The number of hydrogen-bond donors (Lipinski definition) is 3. The molecule has 0 bridgehead atoms. The molecule has 0 radical (unpaired) electrons. The molecule has 0 amide bonds. The Morgan fingerprint density at radius 1 is 1.30 bits per heavy atom. The van der Waals surface area contributed by atoms with Gasteiger partial charge in [-0.25, -0.2) is 13.1 Å². The first kappa shape index (κ1) is 24.2. The molecule has 1 aliphatic heterocycles. The molecular formula is C17H32IN5O3S. The van der Waals surface area contributed by atoms with Crippen LogP contribution in [0.4, 0.5) is 0 Å². The van der Waals surface area contributed by atoms with E-state index < -0.39 is 10.0 Å². The summed E-state index contributed by atoms with van der Waals surface area (Å²) in [5.41, 5.74) is 0. The molecule has 1 aromatic heterocycles. The zero-order valence-electron chi connectivity index (χ0n) is 16.1. The molecule has 3 N–H and O–H groups in total. The lowest BCUT2D eigenvalue weighted by molar-refractivity contribution is 0.215. The van der Waals surface area contributed by atoms with Gasteiger partial charge in [-0.3, -0.25) is 9.89 Å². The lowest BCUT2D eigenvalue weighted by atomic mass is 10.2. The van der Waals surface area contributed by atoms with Crippen LogP contribution in [0.2, 0.25) is 0 Å². The summed E-state index contributed by atoms with van der Waals surface area (Å²) >= 11 is 0. The zero-order chi connectivity index (χ0) is 18.8. The van der Waals surface area contributed by atoms with Gasteiger partial charge in [0.2, 0.25) is 10.0 Å². The van der Waals surface area contributed by atoms with Gasteiger partial charge < -0.3 is 15.1 Å². The summed E-state index contributed by atoms with van der Waals surface area (Å²) in [6.45, 7) is 5.55. The quantitative estimate of drug-likeness (QED) is 0.190. The SMILES string of the molecule is CCS(=O)(=O)NCCCNC(=NC)NCC(c1ccco1)N1CCCC1.I. The fourth-order valence-electron chi connectivity index (χ4n) is 2.98. The van der Waals surface area contributed by atoms with Gasteiger partial charge in [0.15, 0.2) is 5.96 Å². The molecule has 2 rings (SSSR count). The van der Waals surface area contributed by atoms with Crippen LogP contribution in [-0.2, 0) is 10.0 Å². The first-order chi connectivity index (χ1) is 12.6. The number of halogens is 1. The van der Waals surface area contributed by atoms with Crippen molar-refractivity contribution in [3.63, 3.8) is 0 Å². The number of aliphatic imine (C=N–C) groups is 1. The van der Waals surface area contributed by atoms with Gasteiger partial charge in [0.25, 0.3) is 0 Å². The topological polar surface area (TPSA) is 99.0 Å². The van der Waals surface area contributed by atoms with E-state index in [1.165, 1.54) is 12.8 Å². The number of nitrogens with zero attached hydrogens (tertiary/aromatic N) is 2. The number of likely N-dealkylation sites (tertiary alicyclic amines) is 1. The fraction of sp³-hybridized carbons (Fsp3) is 0.706. The third-order valence-corrected chi connectivity index (χ3v) is 5.89. The summed E-state index contributed by atoms with van der Waals surface area (Å²) in [6.07, 6.45) is 4.84. The Morgan fingerprint density at radius 3 is 2.63 bits per heavy atom. The van der Waals surface area contributed by atoms with Crippen molar-refractivity contribution in [3.05, 3.63) is 24.2 Å². The minimum atomic E-state index is -3.12. The van der Waals surface area contributed by atoms with E-state index in [0.29, 0.717) is 32.0 Å². The molecule has 2 heterocycles. The predicted octanol–water partition coefficient (Wildman–Crippen LogP) is 1.53. The molecule has 10 heteroatoms. The van der Waals surface area contributed by atoms with E-state index in [2.05, 4.69) is 25.2 Å². The summed E-state index contributed by atoms with van der Waals surface area (Å²) in [4.78, 5) is 6.67. The highest BCUT2D eigenvalue weighted by molar-refractivity contribution is 14.0. The average molecular weight is 513 g/mol. The summed E-state index contributed by atoms with van der Waals surface area (Å²) in [7, 11) is -1.39. The standard InChI is InChI=1S/C17H31N5O3S.HI/c1-3-26(23,24)21-10-7-9-19-17(18-2)20-14-15(16-8-6-13-25-16)22-11-4-5-12-22;/h6,8,13,15,21H,3-5,7,9-12,14H2,1-2H3,(H2,18,19,20);1H. The maximum atomic E-state index is 11.4.